The molecule has 3 atom stereocenters. The van der Waals surface area contributed by atoms with E-state index in [1.807, 2.05) is 6.07 Å². The minimum absolute atomic E-state index is 0.0322. The van der Waals surface area contributed by atoms with Crippen molar-refractivity contribution in [2.75, 3.05) is 10.6 Å². The highest BCUT2D eigenvalue weighted by atomic mass is 32.1. The number of nitrogens with zero attached hydrogens (tertiary/aromatic N) is 2. The van der Waals surface area contributed by atoms with Gasteiger partial charge in [0.1, 0.15) is 12.1 Å². The van der Waals surface area contributed by atoms with E-state index in [0.717, 1.165) is 21.8 Å². The molecule has 5 amide bonds. The second-order valence-electron chi connectivity index (χ2n) is 8.37. The molecule has 190 valence electrons. The van der Waals surface area contributed by atoms with E-state index in [4.69, 9.17) is 5.11 Å². The summed E-state index contributed by atoms with van der Waals surface area (Å²) in [6, 6.07) is 12.4. The fourth-order valence-corrected chi connectivity index (χ4v) is 4.75. The molecule has 0 radical (unpaired) electrons. The smallest absolute Gasteiger partial charge is 0.355 e. The summed E-state index contributed by atoms with van der Waals surface area (Å²) in [7, 11) is 0. The Morgan fingerprint density at radius 3 is 2.32 bits per heavy atom. The van der Waals surface area contributed by atoms with Crippen molar-refractivity contribution in [2.45, 2.75) is 31.8 Å². The van der Waals surface area contributed by atoms with Gasteiger partial charge < -0.3 is 21.1 Å². The van der Waals surface area contributed by atoms with E-state index >= 15 is 0 Å². The number of benzene rings is 2. The first-order valence-corrected chi connectivity index (χ1v) is 12.1. The molecule has 2 heterocycles. The molecule has 12 heteroatoms. The number of carboxylic acids is 1. The van der Waals surface area contributed by atoms with E-state index in [-0.39, 0.29) is 16.7 Å². The molecule has 0 unspecified atom stereocenters. The molecule has 0 spiro atoms. The number of aromatic nitrogens is 1. The molecule has 37 heavy (non-hydrogen) atoms. The lowest BCUT2D eigenvalue weighted by atomic mass is 9.91. The van der Waals surface area contributed by atoms with Gasteiger partial charge in [-0.25, -0.2) is 19.5 Å². The van der Waals surface area contributed by atoms with Gasteiger partial charge in [0.25, 0.3) is 5.91 Å². The van der Waals surface area contributed by atoms with Gasteiger partial charge in [0.2, 0.25) is 11.8 Å². The topological polar surface area (TPSA) is 158 Å². The first-order valence-electron chi connectivity index (χ1n) is 11.2. The first-order chi connectivity index (χ1) is 17.7. The van der Waals surface area contributed by atoms with Crippen LogP contribution in [0.2, 0.25) is 0 Å². The largest absolute Gasteiger partial charge is 0.476 e. The first kappa shape index (κ1) is 25.5. The summed E-state index contributed by atoms with van der Waals surface area (Å²) >= 11 is 0.920. The van der Waals surface area contributed by atoms with E-state index < -0.39 is 41.8 Å². The van der Waals surface area contributed by atoms with Crippen molar-refractivity contribution in [1.82, 2.24) is 15.2 Å². The highest BCUT2D eigenvalue weighted by Crippen LogP contribution is 2.31. The van der Waals surface area contributed by atoms with Gasteiger partial charge in [0.15, 0.2) is 10.8 Å². The lowest BCUT2D eigenvalue weighted by Crippen LogP contribution is -2.50. The van der Waals surface area contributed by atoms with Crippen LogP contribution in [0.15, 0.2) is 60.0 Å². The lowest BCUT2D eigenvalue weighted by Gasteiger charge is -2.29. The van der Waals surface area contributed by atoms with Crippen LogP contribution >= 0.6 is 11.3 Å². The van der Waals surface area contributed by atoms with Gasteiger partial charge in [-0.2, -0.15) is 0 Å². The zero-order valence-electron chi connectivity index (χ0n) is 19.8. The predicted molar refractivity (Wildman–Crippen MR) is 135 cm³/mol. The van der Waals surface area contributed by atoms with Crippen molar-refractivity contribution in [1.29, 1.82) is 0 Å². The third kappa shape index (κ3) is 5.48. The van der Waals surface area contributed by atoms with Gasteiger partial charge in [-0.1, -0.05) is 49.4 Å². The Balaban J connectivity index is 1.64. The molecule has 1 aliphatic rings. The van der Waals surface area contributed by atoms with Crippen molar-refractivity contribution >= 4 is 51.9 Å². The number of carbonyl (C=O) groups is 5. The molecule has 4 rings (SSSR count). The summed E-state index contributed by atoms with van der Waals surface area (Å²) in [5.41, 5.74) is 1.50. The Kier molecular flexibility index (Phi) is 7.30. The average molecular weight is 522 g/mol. The number of carboxylic acid groups (broad SMARTS) is 1. The Morgan fingerprint density at radius 2 is 1.73 bits per heavy atom. The SMILES string of the molecule is CC(=O)Nc1ccc([C@H]2NC(=O)N([C@H](C(=O)Nc3nc(C(=O)O)cs3)[C@@H](C)c3ccccc3)C2=O)cc1. The number of carbonyl (C=O) groups excluding carboxylic acids is 4. The fourth-order valence-electron chi connectivity index (χ4n) is 4.06. The van der Waals surface area contributed by atoms with Crippen LogP contribution in [0.3, 0.4) is 0 Å². The van der Waals surface area contributed by atoms with Crippen LogP contribution in [0.5, 0.6) is 0 Å². The average Bonchev–Trinajstić information content (AvgIpc) is 3.45. The second kappa shape index (κ2) is 10.6. The van der Waals surface area contributed by atoms with Crippen molar-refractivity contribution in [3.8, 4) is 0 Å². The zero-order chi connectivity index (χ0) is 26.7. The summed E-state index contributed by atoms with van der Waals surface area (Å²) < 4.78 is 0. The van der Waals surface area contributed by atoms with Crippen molar-refractivity contribution in [3.05, 3.63) is 76.8 Å². The summed E-state index contributed by atoms with van der Waals surface area (Å²) in [5, 5.41) is 18.3. The number of imide groups is 1. The molecule has 0 saturated carbocycles. The monoisotopic (exact) mass is 521 g/mol. The summed E-state index contributed by atoms with van der Waals surface area (Å²) in [6.45, 7) is 3.10. The van der Waals surface area contributed by atoms with Crippen LogP contribution in [0.25, 0.3) is 0 Å². The Hall–Kier alpha value is -4.58. The number of hydrogen-bond donors (Lipinski definition) is 4. The molecule has 1 aromatic heterocycles. The van der Waals surface area contributed by atoms with E-state index in [0.29, 0.717) is 11.3 Å². The van der Waals surface area contributed by atoms with Crippen LogP contribution in [-0.2, 0) is 14.4 Å². The van der Waals surface area contributed by atoms with Crippen LogP contribution in [0.1, 0.15) is 47.4 Å². The Bertz CT molecular complexity index is 1360. The highest BCUT2D eigenvalue weighted by molar-refractivity contribution is 7.14. The quantitative estimate of drug-likeness (QED) is 0.331. The van der Waals surface area contributed by atoms with E-state index in [1.165, 1.54) is 12.3 Å². The highest BCUT2D eigenvalue weighted by Gasteiger charge is 2.47. The maximum Gasteiger partial charge on any atom is 0.355 e. The second-order valence-corrected chi connectivity index (χ2v) is 9.23. The zero-order valence-corrected chi connectivity index (χ0v) is 20.6. The van der Waals surface area contributed by atoms with Crippen LogP contribution in [0.4, 0.5) is 15.6 Å². The molecule has 4 N–H and O–H groups in total. The molecular weight excluding hydrogens is 498 g/mol. The molecule has 1 aliphatic heterocycles. The van der Waals surface area contributed by atoms with Crippen molar-refractivity contribution < 1.29 is 29.1 Å². The molecule has 1 saturated heterocycles. The summed E-state index contributed by atoms with van der Waals surface area (Å²) in [5.74, 6) is -3.40. The number of nitrogens with one attached hydrogen (secondary N) is 3. The Morgan fingerprint density at radius 1 is 1.05 bits per heavy atom. The third-order valence-corrected chi connectivity index (χ3v) is 6.59. The van der Waals surface area contributed by atoms with Gasteiger partial charge >= 0.3 is 12.0 Å². The summed E-state index contributed by atoms with van der Waals surface area (Å²) in [6.07, 6.45) is 0. The third-order valence-electron chi connectivity index (χ3n) is 5.83. The number of rotatable bonds is 8. The van der Waals surface area contributed by atoms with Gasteiger partial charge in [-0.3, -0.25) is 14.4 Å². The molecule has 11 nitrogen and oxygen atoms in total. The normalized spacial score (nSPS) is 16.6. The lowest BCUT2D eigenvalue weighted by molar-refractivity contribution is -0.134. The maximum atomic E-state index is 13.5. The number of urea groups is 1. The van der Waals surface area contributed by atoms with Gasteiger partial charge in [0.05, 0.1) is 0 Å². The number of aromatic carboxylic acids is 1. The minimum atomic E-state index is -1.25. The molecular formula is C25H23N5O6S. The fraction of sp³-hybridized carbons (Fsp3) is 0.200. The van der Waals surface area contributed by atoms with E-state index in [9.17, 15) is 24.0 Å². The van der Waals surface area contributed by atoms with Gasteiger partial charge in [0, 0.05) is 23.9 Å². The van der Waals surface area contributed by atoms with Crippen molar-refractivity contribution in [3.63, 3.8) is 0 Å². The predicted octanol–water partition coefficient (Wildman–Crippen LogP) is 3.20. The van der Waals surface area contributed by atoms with Crippen LogP contribution in [-0.4, -0.2) is 50.8 Å². The van der Waals surface area contributed by atoms with Gasteiger partial charge in [-0.05, 0) is 23.3 Å². The van der Waals surface area contributed by atoms with E-state index in [2.05, 4.69) is 20.9 Å². The van der Waals surface area contributed by atoms with E-state index in [1.54, 1.807) is 55.5 Å². The van der Waals surface area contributed by atoms with Crippen LogP contribution < -0.4 is 16.0 Å². The molecule has 0 aliphatic carbocycles. The molecule has 3 aromatic rings. The van der Waals surface area contributed by atoms with Crippen LogP contribution in [0, 0.1) is 0 Å². The minimum Gasteiger partial charge on any atom is -0.476 e. The molecule has 0 bridgehead atoms. The Labute approximate surface area is 215 Å². The molecule has 2 aromatic carbocycles. The number of thiazole rings is 1. The van der Waals surface area contributed by atoms with Crippen molar-refractivity contribution in [2.24, 2.45) is 0 Å². The number of hydrogen-bond acceptors (Lipinski definition) is 7. The number of amides is 5. The standard InChI is InChI=1S/C25H23N5O6S/c1-13(15-6-4-3-5-7-15)20(21(32)29-24-27-18(12-37-24)23(34)35)30-22(33)19(28-25(30)36)16-8-10-17(11-9-16)26-14(2)31/h3-13,19-20H,1-2H3,(H,26,31)(H,28,36)(H,34,35)(H,27,29,32)/t13-,19+,20-/m0/s1. The van der Waals surface area contributed by atoms with Gasteiger partial charge in [-0.15, -0.1) is 11.3 Å². The maximum absolute atomic E-state index is 13.5. The molecule has 1 fully saturated rings. The number of anilines is 2. The summed E-state index contributed by atoms with van der Waals surface area (Å²) in [4.78, 5) is 67.3.